The van der Waals surface area contributed by atoms with E-state index in [0.717, 1.165) is 12.1 Å². The molecule has 0 spiro atoms. The maximum absolute atomic E-state index is 12.8. The molecule has 2 bridgehead atoms. The van der Waals surface area contributed by atoms with E-state index in [4.69, 9.17) is 0 Å². The van der Waals surface area contributed by atoms with Gasteiger partial charge in [-0.3, -0.25) is 4.79 Å². The summed E-state index contributed by atoms with van der Waals surface area (Å²) in [7, 11) is 0. The third-order valence-electron chi connectivity index (χ3n) is 6.82. The first kappa shape index (κ1) is 15.3. The van der Waals surface area contributed by atoms with Crippen molar-refractivity contribution in [3.05, 3.63) is 36.2 Å². The lowest BCUT2D eigenvalue weighted by Crippen LogP contribution is -2.46. The van der Waals surface area contributed by atoms with Gasteiger partial charge in [0, 0.05) is 11.6 Å². The number of nitrogens with one attached hydrogen (secondary N) is 1. The highest BCUT2D eigenvalue weighted by molar-refractivity contribution is 5.95. The third kappa shape index (κ3) is 2.08. The molecule has 0 saturated heterocycles. The number of carbonyl (C=O) groups is 1. The zero-order valence-corrected chi connectivity index (χ0v) is 14.4. The van der Waals surface area contributed by atoms with E-state index < -0.39 is 0 Å². The summed E-state index contributed by atoms with van der Waals surface area (Å²) in [4.78, 5) is 12.8. The number of hydrogen-bond donors (Lipinski definition) is 1. The van der Waals surface area contributed by atoms with Crippen LogP contribution in [0.1, 0.15) is 50.4 Å². The standard InChI is InChI=1S/C18H23N5O/c1-17(2)13-7-8-18(17,3)15(10-13)20-16(24)12-5-4-6-14(9-12)23-11-19-21-22-23/h4-6,9,11,13,15H,7-8,10H2,1-3H3,(H,20,24). The molecule has 2 saturated carbocycles. The van der Waals surface area contributed by atoms with E-state index in [2.05, 4.69) is 41.6 Å². The maximum Gasteiger partial charge on any atom is 0.251 e. The second-order valence-electron chi connectivity index (χ2n) is 7.94. The Hall–Kier alpha value is -2.24. The summed E-state index contributed by atoms with van der Waals surface area (Å²) in [6.07, 6.45) is 5.09. The van der Waals surface area contributed by atoms with Gasteiger partial charge in [-0.25, -0.2) is 4.68 Å². The molecule has 126 valence electrons. The van der Waals surface area contributed by atoms with Gasteiger partial charge >= 0.3 is 0 Å². The van der Waals surface area contributed by atoms with Gasteiger partial charge in [-0.15, -0.1) is 5.10 Å². The summed E-state index contributed by atoms with van der Waals surface area (Å²) >= 11 is 0. The summed E-state index contributed by atoms with van der Waals surface area (Å²) in [5.74, 6) is 0.694. The van der Waals surface area contributed by atoms with Crippen LogP contribution in [0.4, 0.5) is 0 Å². The van der Waals surface area contributed by atoms with E-state index in [1.54, 1.807) is 4.68 Å². The zero-order valence-electron chi connectivity index (χ0n) is 14.4. The smallest absolute Gasteiger partial charge is 0.251 e. The van der Waals surface area contributed by atoms with Gasteiger partial charge in [-0.1, -0.05) is 26.8 Å². The minimum Gasteiger partial charge on any atom is -0.349 e. The van der Waals surface area contributed by atoms with Crippen molar-refractivity contribution >= 4 is 5.91 Å². The van der Waals surface area contributed by atoms with Crippen molar-refractivity contribution in [3.63, 3.8) is 0 Å². The van der Waals surface area contributed by atoms with E-state index in [1.165, 1.54) is 19.2 Å². The maximum atomic E-state index is 12.8. The summed E-state index contributed by atoms with van der Waals surface area (Å²) in [6.45, 7) is 7.05. The molecule has 2 aromatic rings. The van der Waals surface area contributed by atoms with Gasteiger partial charge in [0.15, 0.2) is 0 Å². The fourth-order valence-electron chi connectivity index (χ4n) is 4.73. The number of rotatable bonds is 3. The van der Waals surface area contributed by atoms with Gasteiger partial charge in [-0.2, -0.15) is 0 Å². The molecule has 24 heavy (non-hydrogen) atoms. The number of carbonyl (C=O) groups excluding carboxylic acids is 1. The van der Waals surface area contributed by atoms with Crippen molar-refractivity contribution in [3.8, 4) is 5.69 Å². The fraction of sp³-hybridized carbons (Fsp3) is 0.556. The van der Waals surface area contributed by atoms with Crippen LogP contribution in [0.2, 0.25) is 0 Å². The van der Waals surface area contributed by atoms with Crippen molar-refractivity contribution in [2.45, 2.75) is 46.1 Å². The molecule has 1 aromatic carbocycles. The van der Waals surface area contributed by atoms with Crippen molar-refractivity contribution in [2.75, 3.05) is 0 Å². The van der Waals surface area contributed by atoms with E-state index >= 15 is 0 Å². The molecule has 0 aliphatic heterocycles. The molecule has 6 nitrogen and oxygen atoms in total. The monoisotopic (exact) mass is 325 g/mol. The first-order valence-corrected chi connectivity index (χ1v) is 8.56. The SMILES string of the molecule is CC1(C)C2CCC1(C)C(NC(=O)c1cccc(-n3cnnn3)c1)C2. The number of tetrazole rings is 1. The molecule has 4 rings (SSSR count). The van der Waals surface area contributed by atoms with Gasteiger partial charge in [0.25, 0.3) is 5.91 Å². The molecule has 1 heterocycles. The average Bonchev–Trinajstić information content (AvgIpc) is 3.22. The summed E-state index contributed by atoms with van der Waals surface area (Å²) in [5.41, 5.74) is 1.90. The first-order valence-electron chi connectivity index (χ1n) is 8.56. The normalized spacial score (nSPS) is 30.5. The quantitative estimate of drug-likeness (QED) is 0.941. The molecule has 3 unspecified atom stereocenters. The molecule has 1 amide bonds. The molecular weight excluding hydrogens is 302 g/mol. The highest BCUT2D eigenvalue weighted by Crippen LogP contribution is 2.65. The zero-order chi connectivity index (χ0) is 16.9. The highest BCUT2D eigenvalue weighted by Gasteiger charge is 2.61. The molecule has 3 atom stereocenters. The number of aromatic nitrogens is 4. The van der Waals surface area contributed by atoms with E-state index in [1.807, 2.05) is 24.3 Å². The predicted molar refractivity (Wildman–Crippen MR) is 89.6 cm³/mol. The predicted octanol–water partition coefficient (Wildman–Crippen LogP) is 2.61. The number of amides is 1. The Morgan fingerprint density at radius 3 is 2.79 bits per heavy atom. The first-order chi connectivity index (χ1) is 11.4. The number of hydrogen-bond acceptors (Lipinski definition) is 4. The van der Waals surface area contributed by atoms with Crippen LogP contribution in [0.3, 0.4) is 0 Å². The molecule has 1 N–H and O–H groups in total. The molecule has 0 radical (unpaired) electrons. The van der Waals surface area contributed by atoms with Gasteiger partial charge in [0.05, 0.1) is 5.69 Å². The molecule has 2 aliphatic rings. The third-order valence-corrected chi connectivity index (χ3v) is 6.82. The number of fused-ring (bicyclic) bond motifs is 2. The van der Waals surface area contributed by atoms with Crippen molar-refractivity contribution < 1.29 is 4.79 Å². The Morgan fingerprint density at radius 1 is 1.33 bits per heavy atom. The minimum absolute atomic E-state index is 0.0144. The van der Waals surface area contributed by atoms with E-state index in [-0.39, 0.29) is 17.4 Å². The lowest BCUT2D eigenvalue weighted by Gasteiger charge is -2.39. The summed E-state index contributed by atoms with van der Waals surface area (Å²) in [6, 6.07) is 7.65. The van der Waals surface area contributed by atoms with Crippen molar-refractivity contribution in [1.29, 1.82) is 0 Å². The average molecular weight is 325 g/mol. The number of nitrogens with zero attached hydrogens (tertiary/aromatic N) is 4. The fourth-order valence-corrected chi connectivity index (χ4v) is 4.73. The van der Waals surface area contributed by atoms with Crippen LogP contribution in [0.25, 0.3) is 5.69 Å². The van der Waals surface area contributed by atoms with Gasteiger partial charge in [0.1, 0.15) is 6.33 Å². The molecular formula is C18H23N5O. The molecule has 2 fully saturated rings. The van der Waals surface area contributed by atoms with Gasteiger partial charge in [-0.05, 0) is 64.6 Å². The lowest BCUT2D eigenvalue weighted by atomic mass is 9.69. The van der Waals surface area contributed by atoms with Crippen LogP contribution in [0.5, 0.6) is 0 Å². The van der Waals surface area contributed by atoms with Crippen LogP contribution >= 0.6 is 0 Å². The van der Waals surface area contributed by atoms with Crippen molar-refractivity contribution in [2.24, 2.45) is 16.7 Å². The lowest BCUT2D eigenvalue weighted by molar-refractivity contribution is 0.0826. The Morgan fingerprint density at radius 2 is 2.17 bits per heavy atom. The topological polar surface area (TPSA) is 72.7 Å². The van der Waals surface area contributed by atoms with Crippen LogP contribution < -0.4 is 5.32 Å². The molecule has 6 heteroatoms. The largest absolute Gasteiger partial charge is 0.349 e. The second kappa shape index (κ2) is 5.13. The van der Waals surface area contributed by atoms with Gasteiger partial charge in [0.2, 0.25) is 0 Å². The Balaban J connectivity index is 1.55. The van der Waals surface area contributed by atoms with Gasteiger partial charge < -0.3 is 5.32 Å². The second-order valence-corrected chi connectivity index (χ2v) is 7.94. The van der Waals surface area contributed by atoms with Crippen LogP contribution in [-0.2, 0) is 0 Å². The summed E-state index contributed by atoms with van der Waals surface area (Å²) in [5, 5.41) is 14.4. The van der Waals surface area contributed by atoms with Crippen LogP contribution in [0, 0.1) is 16.7 Å². The Labute approximate surface area is 141 Å². The molecule has 2 aliphatic carbocycles. The summed E-state index contributed by atoms with van der Waals surface area (Å²) < 4.78 is 1.55. The van der Waals surface area contributed by atoms with Crippen molar-refractivity contribution in [1.82, 2.24) is 25.5 Å². The Bertz CT molecular complexity index is 769. The van der Waals surface area contributed by atoms with Crippen LogP contribution in [0.15, 0.2) is 30.6 Å². The molecule has 1 aromatic heterocycles. The highest BCUT2D eigenvalue weighted by atomic mass is 16.1. The number of benzene rings is 1. The Kier molecular flexibility index (Phi) is 3.27. The van der Waals surface area contributed by atoms with Crippen LogP contribution in [-0.4, -0.2) is 32.2 Å². The van der Waals surface area contributed by atoms with E-state index in [0.29, 0.717) is 16.9 Å². The van der Waals surface area contributed by atoms with E-state index in [9.17, 15) is 4.79 Å². The minimum atomic E-state index is -0.0144.